The van der Waals surface area contributed by atoms with Crippen LogP contribution < -0.4 is 9.46 Å². The average molecular weight is 404 g/mol. The van der Waals surface area contributed by atoms with Gasteiger partial charge in [0.1, 0.15) is 5.75 Å². The monoisotopic (exact) mass is 404 g/mol. The molecule has 2 aromatic rings. The predicted octanol–water partition coefficient (Wildman–Crippen LogP) is 2.75. The Morgan fingerprint density at radius 2 is 1.75 bits per heavy atom. The first-order valence-electron chi connectivity index (χ1n) is 9.00. The summed E-state index contributed by atoms with van der Waals surface area (Å²) in [5, 5.41) is 0. The Hall–Kier alpha value is -2.58. The zero-order chi connectivity index (χ0) is 20.3. The lowest BCUT2D eigenvalue weighted by Gasteiger charge is -2.35. The highest BCUT2D eigenvalue weighted by atomic mass is 32.2. The number of hydrogen-bond acceptors (Lipinski definition) is 5. The molecule has 1 heterocycles. The van der Waals surface area contributed by atoms with Gasteiger partial charge in [0.15, 0.2) is 0 Å². The summed E-state index contributed by atoms with van der Waals surface area (Å²) in [6.45, 7) is 4.78. The maximum atomic E-state index is 12.8. The number of carbonyl (C=O) groups is 1. The molecule has 1 amide bonds. The first-order valence-corrected chi connectivity index (χ1v) is 10.5. The molecule has 150 valence electrons. The molecule has 8 heteroatoms. The molecule has 28 heavy (non-hydrogen) atoms. The van der Waals surface area contributed by atoms with Crippen molar-refractivity contribution in [3.63, 3.8) is 0 Å². The van der Waals surface area contributed by atoms with Gasteiger partial charge in [-0.15, -0.1) is 0 Å². The fourth-order valence-electron chi connectivity index (χ4n) is 3.20. The molecule has 7 nitrogen and oxygen atoms in total. The van der Waals surface area contributed by atoms with Crippen LogP contribution >= 0.6 is 0 Å². The Labute approximate surface area is 165 Å². The molecule has 0 bridgehead atoms. The minimum atomic E-state index is -3.83. The minimum Gasteiger partial charge on any atom is -0.497 e. The predicted molar refractivity (Wildman–Crippen MR) is 106 cm³/mol. The van der Waals surface area contributed by atoms with Gasteiger partial charge in [-0.3, -0.25) is 9.52 Å². The number of ether oxygens (including phenoxy) is 2. The molecule has 1 fully saturated rings. The van der Waals surface area contributed by atoms with E-state index in [0.717, 1.165) is 0 Å². The number of hydrogen-bond donors (Lipinski definition) is 1. The second-order valence-corrected chi connectivity index (χ2v) is 8.51. The molecule has 1 aliphatic heterocycles. The summed E-state index contributed by atoms with van der Waals surface area (Å²) in [6, 6.07) is 12.6. The normalized spacial score (nSPS) is 19.9. The zero-order valence-electron chi connectivity index (χ0n) is 16.1. The van der Waals surface area contributed by atoms with Crippen LogP contribution in [0.5, 0.6) is 5.75 Å². The quantitative estimate of drug-likeness (QED) is 0.828. The molecule has 0 spiro atoms. The van der Waals surface area contributed by atoms with Crippen molar-refractivity contribution < 1.29 is 22.7 Å². The summed E-state index contributed by atoms with van der Waals surface area (Å²) in [7, 11) is -2.29. The lowest BCUT2D eigenvalue weighted by Crippen LogP contribution is -2.48. The highest BCUT2D eigenvalue weighted by Gasteiger charge is 2.27. The maximum absolute atomic E-state index is 12.8. The van der Waals surface area contributed by atoms with Crippen LogP contribution in [0.4, 0.5) is 5.69 Å². The van der Waals surface area contributed by atoms with E-state index in [-0.39, 0.29) is 23.0 Å². The van der Waals surface area contributed by atoms with Crippen molar-refractivity contribution in [3.05, 3.63) is 54.1 Å². The summed E-state index contributed by atoms with van der Waals surface area (Å²) in [5.74, 6) is 0.424. The standard InChI is InChI=1S/C20H24N2O5S/c1-14-12-22(13-15(2)27-14)20(23)16-5-4-6-19(11-16)28(24,25)21-17-7-9-18(26-3)10-8-17/h4-11,14-15,21H,12-13H2,1-3H3. The summed E-state index contributed by atoms with van der Waals surface area (Å²) in [5.41, 5.74) is 0.743. The van der Waals surface area contributed by atoms with Gasteiger partial charge >= 0.3 is 0 Å². The van der Waals surface area contributed by atoms with E-state index in [0.29, 0.717) is 30.1 Å². The number of benzene rings is 2. The van der Waals surface area contributed by atoms with Gasteiger partial charge in [0.25, 0.3) is 15.9 Å². The van der Waals surface area contributed by atoms with Crippen LogP contribution in [0.1, 0.15) is 24.2 Å². The Morgan fingerprint density at radius 1 is 1.11 bits per heavy atom. The molecular formula is C20H24N2O5S. The van der Waals surface area contributed by atoms with E-state index in [1.165, 1.54) is 19.2 Å². The molecule has 0 aliphatic carbocycles. The van der Waals surface area contributed by atoms with Crippen molar-refractivity contribution in [3.8, 4) is 5.75 Å². The van der Waals surface area contributed by atoms with E-state index in [2.05, 4.69) is 4.72 Å². The van der Waals surface area contributed by atoms with Crippen LogP contribution in [-0.2, 0) is 14.8 Å². The molecule has 1 aliphatic rings. The van der Waals surface area contributed by atoms with Crippen LogP contribution in [0.25, 0.3) is 0 Å². The molecule has 1 saturated heterocycles. The van der Waals surface area contributed by atoms with Gasteiger partial charge in [0, 0.05) is 24.3 Å². The largest absolute Gasteiger partial charge is 0.497 e. The lowest BCUT2D eigenvalue weighted by molar-refractivity contribution is -0.0586. The SMILES string of the molecule is COc1ccc(NS(=O)(=O)c2cccc(C(=O)N3CC(C)OC(C)C3)c2)cc1. The fourth-order valence-corrected chi connectivity index (χ4v) is 4.30. The number of sulfonamides is 1. The molecule has 2 aromatic carbocycles. The highest BCUT2D eigenvalue weighted by molar-refractivity contribution is 7.92. The molecule has 3 rings (SSSR count). The smallest absolute Gasteiger partial charge is 0.261 e. The van der Waals surface area contributed by atoms with E-state index >= 15 is 0 Å². The lowest BCUT2D eigenvalue weighted by atomic mass is 10.1. The number of rotatable bonds is 5. The van der Waals surface area contributed by atoms with E-state index in [1.807, 2.05) is 13.8 Å². The third-order valence-corrected chi connectivity index (χ3v) is 5.82. The zero-order valence-corrected chi connectivity index (χ0v) is 16.9. The van der Waals surface area contributed by atoms with Crippen molar-refractivity contribution in [2.45, 2.75) is 31.0 Å². The molecule has 0 saturated carbocycles. The van der Waals surface area contributed by atoms with Gasteiger partial charge in [-0.25, -0.2) is 8.42 Å². The summed E-state index contributed by atoms with van der Waals surface area (Å²) >= 11 is 0. The van der Waals surface area contributed by atoms with E-state index < -0.39 is 10.0 Å². The van der Waals surface area contributed by atoms with Crippen LogP contribution in [-0.4, -0.2) is 51.6 Å². The molecule has 2 unspecified atom stereocenters. The van der Waals surface area contributed by atoms with Crippen molar-refractivity contribution >= 4 is 21.6 Å². The summed E-state index contributed by atoms with van der Waals surface area (Å²) < 4.78 is 38.7. The maximum Gasteiger partial charge on any atom is 0.261 e. The second kappa shape index (κ2) is 8.20. The number of anilines is 1. The fraction of sp³-hybridized carbons (Fsp3) is 0.350. The number of amides is 1. The molecular weight excluding hydrogens is 380 g/mol. The molecule has 1 N–H and O–H groups in total. The Morgan fingerprint density at radius 3 is 2.36 bits per heavy atom. The average Bonchev–Trinajstić information content (AvgIpc) is 2.67. The van der Waals surface area contributed by atoms with Crippen molar-refractivity contribution in [2.75, 3.05) is 24.9 Å². The number of methoxy groups -OCH3 is 1. The molecule has 0 radical (unpaired) electrons. The van der Waals surface area contributed by atoms with Gasteiger partial charge in [0.2, 0.25) is 0 Å². The molecule has 0 aromatic heterocycles. The van der Waals surface area contributed by atoms with Gasteiger partial charge in [-0.2, -0.15) is 0 Å². The summed E-state index contributed by atoms with van der Waals surface area (Å²) in [4.78, 5) is 14.6. The van der Waals surface area contributed by atoms with E-state index in [9.17, 15) is 13.2 Å². The minimum absolute atomic E-state index is 0.0310. The summed E-state index contributed by atoms with van der Waals surface area (Å²) in [6.07, 6.45) is -0.118. The van der Waals surface area contributed by atoms with Crippen molar-refractivity contribution in [1.29, 1.82) is 0 Å². The van der Waals surface area contributed by atoms with Gasteiger partial charge in [0.05, 0.1) is 24.2 Å². The van der Waals surface area contributed by atoms with Gasteiger partial charge in [-0.1, -0.05) is 6.07 Å². The van der Waals surface area contributed by atoms with Crippen LogP contribution in [0, 0.1) is 0 Å². The topological polar surface area (TPSA) is 84.9 Å². The molecule has 2 atom stereocenters. The van der Waals surface area contributed by atoms with Gasteiger partial charge in [-0.05, 0) is 56.3 Å². The Bertz CT molecular complexity index is 933. The highest BCUT2D eigenvalue weighted by Crippen LogP contribution is 2.21. The van der Waals surface area contributed by atoms with Crippen LogP contribution in [0.3, 0.4) is 0 Å². The first kappa shape index (κ1) is 20.2. The Kier molecular flexibility index (Phi) is 5.90. The third-order valence-electron chi connectivity index (χ3n) is 4.44. The van der Waals surface area contributed by atoms with Gasteiger partial charge < -0.3 is 14.4 Å². The van der Waals surface area contributed by atoms with E-state index in [1.54, 1.807) is 41.3 Å². The number of nitrogens with one attached hydrogen (secondary N) is 1. The van der Waals surface area contributed by atoms with Crippen molar-refractivity contribution in [2.24, 2.45) is 0 Å². The number of nitrogens with zero attached hydrogens (tertiary/aromatic N) is 1. The number of morpholine rings is 1. The van der Waals surface area contributed by atoms with Crippen molar-refractivity contribution in [1.82, 2.24) is 4.90 Å². The van der Waals surface area contributed by atoms with Crippen LogP contribution in [0.2, 0.25) is 0 Å². The Balaban J connectivity index is 1.80. The van der Waals surface area contributed by atoms with Crippen LogP contribution in [0.15, 0.2) is 53.4 Å². The first-order chi connectivity index (χ1) is 13.3. The van der Waals surface area contributed by atoms with E-state index in [4.69, 9.17) is 9.47 Å². The second-order valence-electron chi connectivity index (χ2n) is 6.83. The number of carbonyl (C=O) groups excluding carboxylic acids is 1. The third kappa shape index (κ3) is 4.63.